The van der Waals surface area contributed by atoms with Crippen LogP contribution in [0.2, 0.25) is 5.02 Å². The summed E-state index contributed by atoms with van der Waals surface area (Å²) in [7, 11) is 0. The van der Waals surface area contributed by atoms with E-state index < -0.39 is 23.2 Å². The number of rotatable bonds is 5. The van der Waals surface area contributed by atoms with Gasteiger partial charge in [-0.2, -0.15) is 4.57 Å². The Labute approximate surface area is 217 Å². The molecule has 4 aromatic rings. The molecule has 2 aromatic heterocycles. The summed E-state index contributed by atoms with van der Waals surface area (Å²) in [5, 5.41) is 3.64. The van der Waals surface area contributed by atoms with Gasteiger partial charge in [-0.25, -0.2) is 14.0 Å². The van der Waals surface area contributed by atoms with E-state index >= 15 is 0 Å². The van der Waals surface area contributed by atoms with Crippen molar-refractivity contribution in [2.24, 2.45) is 0 Å². The topological polar surface area (TPSA) is 79.1 Å². The van der Waals surface area contributed by atoms with Crippen LogP contribution in [0.3, 0.4) is 0 Å². The Morgan fingerprint density at radius 2 is 1.57 bits per heavy atom. The summed E-state index contributed by atoms with van der Waals surface area (Å²) in [6.45, 7) is 5.64. The first-order valence-corrected chi connectivity index (χ1v) is 12.0. The van der Waals surface area contributed by atoms with Crippen molar-refractivity contribution in [3.63, 3.8) is 0 Å². The lowest BCUT2D eigenvalue weighted by Gasteiger charge is -2.14. The number of aromatic amines is 1. The number of carbonyl (C=O) groups is 2. The third-order valence-electron chi connectivity index (χ3n) is 6.18. The van der Waals surface area contributed by atoms with E-state index in [1.54, 1.807) is 47.3 Å². The largest absolute Gasteiger partial charge is 0.331 e. The highest BCUT2D eigenvalue weighted by atomic mass is 35.5. The molecular formula is C28H23ClFN4O3+. The fourth-order valence-electron chi connectivity index (χ4n) is 4.43. The average Bonchev–Trinajstić information content (AvgIpc) is 3.33. The number of hydrogen-bond donors (Lipinski definition) is 1. The van der Waals surface area contributed by atoms with Gasteiger partial charge >= 0.3 is 5.91 Å². The van der Waals surface area contributed by atoms with Gasteiger partial charge in [0.1, 0.15) is 11.4 Å². The molecule has 7 nitrogen and oxygen atoms in total. The molecule has 1 aliphatic heterocycles. The van der Waals surface area contributed by atoms with Gasteiger partial charge in [0.2, 0.25) is 0 Å². The fourth-order valence-corrected chi connectivity index (χ4v) is 4.55. The van der Waals surface area contributed by atoms with Gasteiger partial charge < -0.3 is 0 Å². The van der Waals surface area contributed by atoms with Crippen molar-refractivity contribution in [2.75, 3.05) is 4.90 Å². The van der Waals surface area contributed by atoms with Crippen LogP contribution in [0.25, 0.3) is 17.0 Å². The molecule has 0 fully saturated rings. The van der Waals surface area contributed by atoms with E-state index in [2.05, 4.69) is 5.10 Å². The molecule has 186 valence electrons. The Bertz CT molecular complexity index is 1630. The molecule has 0 saturated carbocycles. The molecule has 0 spiro atoms. The van der Waals surface area contributed by atoms with Crippen molar-refractivity contribution < 1.29 is 18.5 Å². The monoisotopic (exact) mass is 517 g/mol. The molecule has 9 heteroatoms. The predicted molar refractivity (Wildman–Crippen MR) is 139 cm³/mol. The minimum atomic E-state index is -0.665. The quantitative estimate of drug-likeness (QED) is 0.310. The molecule has 1 aliphatic rings. The van der Waals surface area contributed by atoms with Gasteiger partial charge in [-0.05, 0) is 67.4 Å². The highest BCUT2D eigenvalue weighted by Crippen LogP contribution is 2.35. The number of benzene rings is 2. The number of nitrogens with one attached hydrogen (secondary N) is 1. The average molecular weight is 518 g/mol. The number of nitrogens with zero attached hydrogens (tertiary/aromatic N) is 3. The summed E-state index contributed by atoms with van der Waals surface area (Å²) in [5.74, 6) is -1.96. The van der Waals surface area contributed by atoms with Crippen molar-refractivity contribution in [3.05, 3.63) is 111 Å². The van der Waals surface area contributed by atoms with Crippen LogP contribution >= 0.6 is 11.6 Å². The number of anilines is 1. The lowest BCUT2D eigenvalue weighted by molar-refractivity contribution is -0.577. The van der Waals surface area contributed by atoms with Gasteiger partial charge in [-0.15, -0.1) is 0 Å². The van der Waals surface area contributed by atoms with Crippen LogP contribution in [0.1, 0.15) is 36.6 Å². The third kappa shape index (κ3) is 4.19. The van der Waals surface area contributed by atoms with Crippen molar-refractivity contribution >= 4 is 40.4 Å². The second-order valence-electron chi connectivity index (χ2n) is 9.11. The van der Waals surface area contributed by atoms with Crippen molar-refractivity contribution in [3.8, 4) is 5.69 Å². The van der Waals surface area contributed by atoms with E-state index in [1.165, 1.54) is 28.9 Å². The van der Waals surface area contributed by atoms with E-state index in [-0.39, 0.29) is 28.4 Å². The maximum absolute atomic E-state index is 13.9. The number of hydrogen-bond acceptors (Lipinski definition) is 3. The van der Waals surface area contributed by atoms with Crippen LogP contribution in [0.5, 0.6) is 0 Å². The highest BCUT2D eigenvalue weighted by molar-refractivity contribution is 6.53. The second-order valence-corrected chi connectivity index (χ2v) is 9.54. The molecular weight excluding hydrogens is 495 g/mol. The van der Waals surface area contributed by atoms with Gasteiger partial charge in [0.05, 0.1) is 16.9 Å². The summed E-state index contributed by atoms with van der Waals surface area (Å²) >= 11 is 6.03. The SMILES string of the molecule is Cc1ccc[n+](C2=C(c3c(C(C)C)[nH]n(-c4ccc(Cl)cc4)c3=O)C(=O)N(c3ccc(F)cc3)C2=O)c1. The molecule has 2 aromatic carbocycles. The van der Waals surface area contributed by atoms with Crippen molar-refractivity contribution in [2.45, 2.75) is 26.7 Å². The van der Waals surface area contributed by atoms with Crippen molar-refractivity contribution in [1.82, 2.24) is 9.78 Å². The first kappa shape index (κ1) is 24.4. The summed E-state index contributed by atoms with van der Waals surface area (Å²) in [6.07, 6.45) is 3.37. The first-order chi connectivity index (χ1) is 17.7. The number of amides is 2. The summed E-state index contributed by atoms with van der Waals surface area (Å²) < 4.78 is 16.5. The van der Waals surface area contributed by atoms with E-state index in [0.717, 1.165) is 10.5 Å². The summed E-state index contributed by atoms with van der Waals surface area (Å²) in [5.41, 5.74) is 1.74. The van der Waals surface area contributed by atoms with E-state index in [0.29, 0.717) is 16.4 Å². The molecule has 0 saturated heterocycles. The van der Waals surface area contributed by atoms with Crippen LogP contribution in [-0.2, 0) is 9.59 Å². The Morgan fingerprint density at radius 1 is 0.919 bits per heavy atom. The van der Waals surface area contributed by atoms with E-state index in [9.17, 15) is 18.8 Å². The normalized spacial score (nSPS) is 13.8. The van der Waals surface area contributed by atoms with E-state index in [4.69, 9.17) is 11.6 Å². The minimum Gasteiger partial charge on any atom is -0.294 e. The number of aromatic nitrogens is 3. The van der Waals surface area contributed by atoms with Gasteiger partial charge in [0, 0.05) is 22.3 Å². The van der Waals surface area contributed by atoms with Crippen LogP contribution in [0.4, 0.5) is 10.1 Å². The summed E-state index contributed by atoms with van der Waals surface area (Å²) in [4.78, 5) is 42.6. The number of H-pyrrole nitrogens is 1. The number of imide groups is 1. The molecule has 1 N–H and O–H groups in total. The van der Waals surface area contributed by atoms with Crippen LogP contribution < -0.4 is 15.0 Å². The molecule has 0 atom stereocenters. The Kier molecular flexibility index (Phi) is 6.13. The molecule has 5 rings (SSSR count). The number of carbonyl (C=O) groups excluding carboxylic acids is 2. The zero-order valence-corrected chi connectivity index (χ0v) is 21.1. The molecule has 37 heavy (non-hydrogen) atoms. The molecule has 0 radical (unpaired) electrons. The van der Waals surface area contributed by atoms with Gasteiger partial charge in [0.25, 0.3) is 17.2 Å². The van der Waals surface area contributed by atoms with Gasteiger partial charge in [-0.3, -0.25) is 19.5 Å². The first-order valence-electron chi connectivity index (χ1n) is 11.7. The number of pyridine rings is 1. The lowest BCUT2D eigenvalue weighted by atomic mass is 9.98. The van der Waals surface area contributed by atoms with Crippen LogP contribution in [-0.4, -0.2) is 21.6 Å². The standard InChI is InChI=1S/C28H22ClFN4O3/c1-16(2)24-22(27(36)34(31-24)21-10-6-18(29)7-11-21)23-25(32-14-4-5-17(3)15-32)28(37)33(26(23)35)20-12-8-19(30)9-13-20/h4-16H,1-3H3/p+1. The Hall–Kier alpha value is -4.30. The molecule has 0 bridgehead atoms. The predicted octanol–water partition coefficient (Wildman–Crippen LogP) is 4.62. The fraction of sp³-hybridized carbons (Fsp3) is 0.143. The minimum absolute atomic E-state index is 0.0254. The highest BCUT2D eigenvalue weighted by Gasteiger charge is 2.48. The van der Waals surface area contributed by atoms with Gasteiger partial charge in [-0.1, -0.05) is 25.4 Å². The molecule has 3 heterocycles. The Balaban J connectivity index is 1.80. The maximum atomic E-state index is 13.9. The molecule has 0 aliphatic carbocycles. The molecule has 0 unspecified atom stereocenters. The number of halogens is 2. The zero-order chi connectivity index (χ0) is 26.4. The molecule has 2 amide bonds. The maximum Gasteiger partial charge on any atom is 0.331 e. The lowest BCUT2D eigenvalue weighted by Crippen LogP contribution is -2.39. The zero-order valence-electron chi connectivity index (χ0n) is 20.3. The number of aryl methyl sites for hydroxylation is 1. The second kappa shape index (κ2) is 9.29. The smallest absolute Gasteiger partial charge is 0.294 e. The third-order valence-corrected chi connectivity index (χ3v) is 6.43. The summed E-state index contributed by atoms with van der Waals surface area (Å²) in [6, 6.07) is 15.4. The van der Waals surface area contributed by atoms with Crippen LogP contribution in [0.15, 0.2) is 77.9 Å². The Morgan fingerprint density at radius 3 is 2.19 bits per heavy atom. The van der Waals surface area contributed by atoms with Crippen molar-refractivity contribution in [1.29, 1.82) is 0 Å². The van der Waals surface area contributed by atoms with E-state index in [1.807, 2.05) is 26.8 Å². The van der Waals surface area contributed by atoms with Gasteiger partial charge in [0.15, 0.2) is 12.4 Å². The van der Waals surface area contributed by atoms with Crippen LogP contribution in [0, 0.1) is 12.7 Å².